The average Bonchev–Trinajstić information content (AvgIpc) is 3.71. The molecule has 2 heterocycles. The van der Waals surface area contributed by atoms with Gasteiger partial charge in [-0.1, -0.05) is 84.4 Å². The van der Waals surface area contributed by atoms with Gasteiger partial charge in [0, 0.05) is 36.8 Å². The number of dihydropyridines is 1. The summed E-state index contributed by atoms with van der Waals surface area (Å²) in [5.41, 5.74) is 8.61. The van der Waals surface area contributed by atoms with E-state index in [0.717, 1.165) is 57.1 Å². The molecule has 4 rings (SSSR count). The second-order valence-corrected chi connectivity index (χ2v) is 17.9. The summed E-state index contributed by atoms with van der Waals surface area (Å²) in [6.45, 7) is 10.2. The van der Waals surface area contributed by atoms with Crippen LogP contribution in [-0.4, -0.2) is 69.3 Å². The summed E-state index contributed by atoms with van der Waals surface area (Å²) in [5.74, 6) is 0.345. The van der Waals surface area contributed by atoms with Gasteiger partial charge in [-0.2, -0.15) is 0 Å². The lowest BCUT2D eigenvalue weighted by atomic mass is 9.73. The molecule has 9 N–H and O–H groups in total. The first-order valence-corrected chi connectivity index (χ1v) is 21.5. The smallest absolute Gasteiger partial charge is 0.309 e. The second-order valence-electron chi connectivity index (χ2n) is 17.9. The number of H-pyrrole nitrogens is 1. The normalized spacial score (nSPS) is 28.0. The number of carbonyl (C=O) groups is 1. The predicted octanol–water partition coefficient (Wildman–Crippen LogP) is 7.56. The fourth-order valence-electron chi connectivity index (χ4n) is 10.0. The number of nitrogens with one attached hydrogen (secondary N) is 3. The number of hydrogen-bond acceptors (Lipinski definition) is 7. The topological polar surface area (TPSA) is 164 Å². The second kappa shape index (κ2) is 21.6. The van der Waals surface area contributed by atoms with E-state index in [4.69, 9.17) is 5.73 Å². The van der Waals surface area contributed by atoms with Crippen LogP contribution in [0, 0.1) is 41.4 Å². The Balaban J connectivity index is 1.40. The standard InChI is InChI=1S/C45H76N4O5/c1-6-7-9-12-32-15-16-35(41(50)22-32)13-10-8-11-14-40(44(52)53)42(51)26-38(29-47-5)45(54)27-34(20-33-17-18-48-43(46)23-33)21-37(45)25-39-24-36(28-49-39)31(4)19-30(2)3/h15-17,23-24,28,30-32,34-35,37-38,40-42,47-51,54H,6-14,18-22,25-27,29,46H2,1-5H3,(H,52,53). The Morgan fingerprint density at radius 1 is 1.06 bits per heavy atom. The number of aliphatic hydroxyl groups is 3. The molecule has 1 fully saturated rings. The molecule has 0 aromatic carbocycles. The first-order valence-electron chi connectivity index (χ1n) is 21.5. The van der Waals surface area contributed by atoms with Crippen LogP contribution >= 0.6 is 0 Å². The third-order valence-electron chi connectivity index (χ3n) is 13.0. The van der Waals surface area contributed by atoms with E-state index in [1.54, 1.807) is 0 Å². The number of nitrogens with two attached hydrogens (primary N) is 1. The molecule has 0 saturated heterocycles. The van der Waals surface area contributed by atoms with E-state index in [0.29, 0.717) is 62.3 Å². The van der Waals surface area contributed by atoms with Crippen LogP contribution in [0.1, 0.15) is 141 Å². The maximum atomic E-state index is 12.8. The lowest BCUT2D eigenvalue weighted by Crippen LogP contribution is -2.48. The summed E-state index contributed by atoms with van der Waals surface area (Å²) in [6, 6.07) is 2.26. The van der Waals surface area contributed by atoms with E-state index in [2.05, 4.69) is 73.8 Å². The Hall–Kier alpha value is -2.59. The fraction of sp³-hybridized carbons (Fsp3) is 0.756. The number of carboxylic acids is 1. The van der Waals surface area contributed by atoms with Gasteiger partial charge in [-0.25, -0.2) is 0 Å². The SMILES string of the molecule is CCCCCC1C=CC(CCCCCC(C(=O)O)C(O)CC(CNC)C2(O)CC(CC3=CCNC(N)=C3)CC2Cc2cc(C(C)CC(C)C)c[nH]2)C(O)C1. The van der Waals surface area contributed by atoms with Crippen molar-refractivity contribution in [3.8, 4) is 0 Å². The molecule has 306 valence electrons. The predicted molar refractivity (Wildman–Crippen MR) is 220 cm³/mol. The zero-order chi connectivity index (χ0) is 39.3. The number of aliphatic carboxylic acids is 1. The van der Waals surface area contributed by atoms with Gasteiger partial charge in [0.25, 0.3) is 0 Å². The Bertz CT molecular complexity index is 1370. The number of aromatic amines is 1. The first kappa shape index (κ1) is 44.1. The van der Waals surface area contributed by atoms with Crippen LogP contribution in [0.15, 0.2) is 48.0 Å². The van der Waals surface area contributed by atoms with Crippen LogP contribution in [0.2, 0.25) is 0 Å². The van der Waals surface area contributed by atoms with Crippen molar-refractivity contribution in [2.24, 2.45) is 47.2 Å². The Labute approximate surface area is 326 Å². The van der Waals surface area contributed by atoms with Crippen molar-refractivity contribution in [3.05, 3.63) is 59.2 Å². The minimum Gasteiger partial charge on any atom is -0.481 e. The van der Waals surface area contributed by atoms with Crippen molar-refractivity contribution in [2.45, 2.75) is 154 Å². The third kappa shape index (κ3) is 13.0. The minimum absolute atomic E-state index is 0.0531. The zero-order valence-corrected chi connectivity index (χ0v) is 34.2. The van der Waals surface area contributed by atoms with E-state index >= 15 is 0 Å². The first-order chi connectivity index (χ1) is 25.8. The van der Waals surface area contributed by atoms with Crippen LogP contribution in [0.3, 0.4) is 0 Å². The molecule has 0 amide bonds. The zero-order valence-electron chi connectivity index (χ0n) is 34.2. The number of allylic oxidation sites excluding steroid dienone is 3. The van der Waals surface area contributed by atoms with E-state index < -0.39 is 23.6 Å². The summed E-state index contributed by atoms with van der Waals surface area (Å²) >= 11 is 0. The van der Waals surface area contributed by atoms with Gasteiger partial charge in [0.2, 0.25) is 0 Å². The van der Waals surface area contributed by atoms with Gasteiger partial charge in [-0.15, -0.1) is 0 Å². The number of carboxylic acid groups (broad SMARTS) is 1. The maximum absolute atomic E-state index is 12.8. The van der Waals surface area contributed by atoms with Crippen molar-refractivity contribution >= 4 is 5.97 Å². The largest absolute Gasteiger partial charge is 0.481 e. The van der Waals surface area contributed by atoms with Crippen molar-refractivity contribution in [1.29, 1.82) is 0 Å². The summed E-state index contributed by atoms with van der Waals surface area (Å²) in [6.07, 6.45) is 23.1. The lowest BCUT2D eigenvalue weighted by Gasteiger charge is -2.40. The highest BCUT2D eigenvalue weighted by Crippen LogP contribution is 2.49. The molecular formula is C45H76N4O5. The Morgan fingerprint density at radius 3 is 2.52 bits per heavy atom. The highest BCUT2D eigenvalue weighted by molar-refractivity contribution is 5.70. The van der Waals surface area contributed by atoms with Crippen molar-refractivity contribution in [2.75, 3.05) is 20.1 Å². The number of aliphatic hydroxyl groups excluding tert-OH is 2. The molecule has 0 radical (unpaired) electrons. The summed E-state index contributed by atoms with van der Waals surface area (Å²) in [4.78, 5) is 16.1. The molecule has 9 nitrogen and oxygen atoms in total. The highest BCUT2D eigenvalue weighted by atomic mass is 16.4. The summed E-state index contributed by atoms with van der Waals surface area (Å²) < 4.78 is 0. The van der Waals surface area contributed by atoms with Gasteiger partial charge in [0.05, 0.1) is 29.5 Å². The highest BCUT2D eigenvalue weighted by Gasteiger charge is 2.51. The quantitative estimate of drug-likeness (QED) is 0.0396. The number of rotatable bonds is 24. The fourth-order valence-corrected chi connectivity index (χ4v) is 10.0. The average molecular weight is 753 g/mol. The van der Waals surface area contributed by atoms with Gasteiger partial charge < -0.3 is 41.8 Å². The molecule has 1 aromatic rings. The molecule has 2 aliphatic carbocycles. The molecule has 3 aliphatic rings. The maximum Gasteiger partial charge on any atom is 0.309 e. The van der Waals surface area contributed by atoms with Crippen LogP contribution in [0.5, 0.6) is 0 Å². The third-order valence-corrected chi connectivity index (χ3v) is 13.0. The summed E-state index contributed by atoms with van der Waals surface area (Å²) in [5, 5.41) is 51.9. The van der Waals surface area contributed by atoms with Gasteiger partial charge in [0.15, 0.2) is 0 Å². The molecule has 9 heteroatoms. The van der Waals surface area contributed by atoms with Gasteiger partial charge in [-0.05, 0) is 124 Å². The number of aromatic nitrogens is 1. The van der Waals surface area contributed by atoms with Gasteiger partial charge >= 0.3 is 5.97 Å². The molecule has 1 aromatic heterocycles. The molecule has 0 bridgehead atoms. The van der Waals surface area contributed by atoms with Gasteiger partial charge in [-0.3, -0.25) is 4.79 Å². The van der Waals surface area contributed by atoms with E-state index in [-0.39, 0.29) is 36.2 Å². The van der Waals surface area contributed by atoms with E-state index in [9.17, 15) is 25.2 Å². The lowest BCUT2D eigenvalue weighted by molar-refractivity contribution is -0.148. The number of hydrogen-bond donors (Lipinski definition) is 8. The molecule has 10 unspecified atom stereocenters. The Kier molecular flexibility index (Phi) is 17.7. The van der Waals surface area contributed by atoms with E-state index in [1.807, 2.05) is 13.1 Å². The Morgan fingerprint density at radius 2 is 1.83 bits per heavy atom. The van der Waals surface area contributed by atoms with Gasteiger partial charge in [0.1, 0.15) is 0 Å². The minimum atomic E-state index is -1.08. The van der Waals surface area contributed by atoms with Crippen molar-refractivity contribution in [3.63, 3.8) is 0 Å². The molecule has 54 heavy (non-hydrogen) atoms. The molecule has 1 saturated carbocycles. The molecule has 1 aliphatic heterocycles. The number of unbranched alkanes of at least 4 members (excludes halogenated alkanes) is 4. The van der Waals surface area contributed by atoms with E-state index in [1.165, 1.54) is 30.4 Å². The van der Waals surface area contributed by atoms with Crippen LogP contribution in [0.25, 0.3) is 0 Å². The van der Waals surface area contributed by atoms with Crippen molar-refractivity contribution < 1.29 is 25.2 Å². The monoisotopic (exact) mass is 753 g/mol. The van der Waals surface area contributed by atoms with Crippen molar-refractivity contribution in [1.82, 2.24) is 15.6 Å². The molecule has 0 spiro atoms. The molecular weight excluding hydrogens is 677 g/mol. The van der Waals surface area contributed by atoms with Crippen LogP contribution in [0.4, 0.5) is 0 Å². The molecule has 10 atom stereocenters. The summed E-state index contributed by atoms with van der Waals surface area (Å²) in [7, 11) is 1.87. The van der Waals surface area contributed by atoms with Crippen LogP contribution in [-0.2, 0) is 11.2 Å². The van der Waals surface area contributed by atoms with Crippen LogP contribution < -0.4 is 16.4 Å².